The lowest BCUT2D eigenvalue weighted by Crippen LogP contribution is -2.12. The highest BCUT2D eigenvalue weighted by Gasteiger charge is 2.06. The van der Waals surface area contributed by atoms with Gasteiger partial charge in [0.2, 0.25) is 0 Å². The molecule has 7 heteroatoms. The van der Waals surface area contributed by atoms with Crippen LogP contribution in [0.5, 0.6) is 0 Å². The minimum absolute atomic E-state index is 0.573. The molecule has 2 heterocycles. The second kappa shape index (κ2) is 7.32. The number of imidazole rings is 1. The fraction of sp³-hybridized carbons (Fsp3) is 0.462. The first kappa shape index (κ1) is 14.1. The van der Waals surface area contributed by atoms with Gasteiger partial charge in [0.1, 0.15) is 12.0 Å². The van der Waals surface area contributed by atoms with Crippen molar-refractivity contribution in [1.82, 2.24) is 19.5 Å². The van der Waals surface area contributed by atoms with E-state index in [0.717, 1.165) is 32.5 Å². The molecule has 20 heavy (non-hydrogen) atoms. The predicted molar refractivity (Wildman–Crippen MR) is 80.6 cm³/mol. The van der Waals surface area contributed by atoms with Crippen LogP contribution < -0.4 is 16.4 Å². The highest BCUT2D eigenvalue weighted by atomic mass is 15.1. The monoisotopic (exact) mass is 275 g/mol. The quantitative estimate of drug-likeness (QED) is 0.633. The summed E-state index contributed by atoms with van der Waals surface area (Å²) in [6, 6.07) is 0. The van der Waals surface area contributed by atoms with Crippen molar-refractivity contribution >= 4 is 17.3 Å². The van der Waals surface area contributed by atoms with E-state index in [9.17, 15) is 0 Å². The van der Waals surface area contributed by atoms with Crippen LogP contribution in [0.25, 0.3) is 0 Å². The summed E-state index contributed by atoms with van der Waals surface area (Å²) >= 11 is 0. The van der Waals surface area contributed by atoms with Gasteiger partial charge < -0.3 is 20.9 Å². The first-order valence-electron chi connectivity index (χ1n) is 6.85. The van der Waals surface area contributed by atoms with E-state index >= 15 is 0 Å². The Morgan fingerprint density at radius 3 is 2.60 bits per heavy atom. The van der Waals surface area contributed by atoms with E-state index in [1.165, 1.54) is 6.33 Å². The molecular formula is C13H21N7. The number of anilines is 3. The van der Waals surface area contributed by atoms with Crippen LogP contribution in [0.15, 0.2) is 25.0 Å². The van der Waals surface area contributed by atoms with E-state index in [-0.39, 0.29) is 0 Å². The lowest BCUT2D eigenvalue weighted by molar-refractivity contribution is 0.660. The normalized spacial score (nSPS) is 10.4. The molecular weight excluding hydrogens is 254 g/mol. The maximum atomic E-state index is 6.04. The van der Waals surface area contributed by atoms with Crippen molar-refractivity contribution in [2.75, 3.05) is 29.5 Å². The van der Waals surface area contributed by atoms with Gasteiger partial charge in [0.05, 0.1) is 6.33 Å². The Kier molecular flexibility index (Phi) is 5.16. The summed E-state index contributed by atoms with van der Waals surface area (Å²) < 4.78 is 2.04. The van der Waals surface area contributed by atoms with Gasteiger partial charge in [0.25, 0.3) is 0 Å². The molecule has 0 spiro atoms. The van der Waals surface area contributed by atoms with Crippen LogP contribution in [0, 0.1) is 0 Å². The molecule has 0 aliphatic heterocycles. The molecule has 0 aliphatic carbocycles. The number of aromatic nitrogens is 4. The third-order valence-electron chi connectivity index (χ3n) is 2.87. The summed E-state index contributed by atoms with van der Waals surface area (Å²) in [6.45, 7) is 4.66. The number of hydrogen-bond acceptors (Lipinski definition) is 6. The minimum atomic E-state index is 0.573. The van der Waals surface area contributed by atoms with Crippen LogP contribution in [0.1, 0.15) is 19.8 Å². The summed E-state index contributed by atoms with van der Waals surface area (Å²) in [6.07, 6.45) is 9.06. The third kappa shape index (κ3) is 3.84. The van der Waals surface area contributed by atoms with E-state index in [1.807, 2.05) is 17.1 Å². The number of rotatable bonds is 8. The molecule has 0 aliphatic rings. The van der Waals surface area contributed by atoms with E-state index in [2.05, 4.69) is 32.5 Å². The molecule has 4 N–H and O–H groups in total. The Balaban J connectivity index is 1.82. The van der Waals surface area contributed by atoms with Gasteiger partial charge in [-0.3, -0.25) is 0 Å². The highest BCUT2D eigenvalue weighted by molar-refractivity contribution is 5.73. The first-order valence-corrected chi connectivity index (χ1v) is 6.85. The summed E-state index contributed by atoms with van der Waals surface area (Å²) in [4.78, 5) is 12.3. The lowest BCUT2D eigenvalue weighted by Gasteiger charge is -2.12. The topological polar surface area (TPSA) is 93.7 Å². The molecule has 0 saturated carbocycles. The molecule has 2 aromatic heterocycles. The second-order valence-corrected chi connectivity index (χ2v) is 4.49. The zero-order valence-electron chi connectivity index (χ0n) is 11.7. The van der Waals surface area contributed by atoms with Gasteiger partial charge in [-0.25, -0.2) is 15.0 Å². The molecule has 0 atom stereocenters. The van der Waals surface area contributed by atoms with Gasteiger partial charge in [0.15, 0.2) is 11.6 Å². The number of nitrogens with two attached hydrogens (primary N) is 1. The van der Waals surface area contributed by atoms with E-state index in [4.69, 9.17) is 5.73 Å². The predicted octanol–water partition coefficient (Wildman–Crippen LogP) is 1.58. The molecule has 0 bridgehead atoms. The number of hydrogen-bond donors (Lipinski definition) is 3. The van der Waals surface area contributed by atoms with Crippen LogP contribution in [-0.2, 0) is 6.54 Å². The molecule has 0 fully saturated rings. The molecule has 108 valence electrons. The minimum Gasteiger partial charge on any atom is -0.393 e. The van der Waals surface area contributed by atoms with Gasteiger partial charge >= 0.3 is 0 Å². The van der Waals surface area contributed by atoms with Gasteiger partial charge in [0, 0.05) is 32.0 Å². The van der Waals surface area contributed by atoms with Crippen LogP contribution in [0.3, 0.4) is 0 Å². The maximum Gasteiger partial charge on any atom is 0.154 e. The van der Waals surface area contributed by atoms with Crippen molar-refractivity contribution in [3.05, 3.63) is 25.0 Å². The van der Waals surface area contributed by atoms with Gasteiger partial charge in [-0.2, -0.15) is 0 Å². The number of aryl methyl sites for hydroxylation is 1. The largest absolute Gasteiger partial charge is 0.393 e. The Bertz CT molecular complexity index is 509. The number of nitrogen functional groups attached to an aromatic ring is 1. The van der Waals surface area contributed by atoms with E-state index < -0.39 is 0 Å². The fourth-order valence-electron chi connectivity index (χ4n) is 1.81. The highest BCUT2D eigenvalue weighted by Crippen LogP contribution is 2.22. The lowest BCUT2D eigenvalue weighted by atomic mass is 10.3. The van der Waals surface area contributed by atoms with Gasteiger partial charge in [-0.05, 0) is 12.8 Å². The average Bonchev–Trinajstić information content (AvgIpc) is 2.97. The van der Waals surface area contributed by atoms with Crippen molar-refractivity contribution in [2.45, 2.75) is 26.3 Å². The van der Waals surface area contributed by atoms with Crippen molar-refractivity contribution in [3.8, 4) is 0 Å². The van der Waals surface area contributed by atoms with Crippen LogP contribution in [0.2, 0.25) is 0 Å². The zero-order chi connectivity index (χ0) is 14.2. The van der Waals surface area contributed by atoms with Crippen molar-refractivity contribution in [1.29, 1.82) is 0 Å². The summed E-state index contributed by atoms with van der Waals surface area (Å²) in [5.74, 6) is 1.38. The fourth-order valence-corrected chi connectivity index (χ4v) is 1.81. The van der Waals surface area contributed by atoms with Crippen LogP contribution in [0.4, 0.5) is 17.3 Å². The van der Waals surface area contributed by atoms with Crippen molar-refractivity contribution in [2.24, 2.45) is 0 Å². The summed E-state index contributed by atoms with van der Waals surface area (Å²) in [7, 11) is 0. The third-order valence-corrected chi connectivity index (χ3v) is 2.87. The summed E-state index contributed by atoms with van der Waals surface area (Å²) in [5.41, 5.74) is 6.61. The molecule has 2 aromatic rings. The molecule has 0 amide bonds. The van der Waals surface area contributed by atoms with E-state index in [0.29, 0.717) is 17.3 Å². The maximum absolute atomic E-state index is 6.04. The second-order valence-electron chi connectivity index (χ2n) is 4.49. The van der Waals surface area contributed by atoms with Crippen LogP contribution in [-0.4, -0.2) is 32.6 Å². The molecule has 7 nitrogen and oxygen atoms in total. The van der Waals surface area contributed by atoms with Crippen molar-refractivity contribution in [3.63, 3.8) is 0 Å². The number of nitrogens with zero attached hydrogens (tertiary/aromatic N) is 4. The van der Waals surface area contributed by atoms with Crippen LogP contribution >= 0.6 is 0 Å². The molecule has 0 saturated heterocycles. The average molecular weight is 275 g/mol. The van der Waals surface area contributed by atoms with Crippen molar-refractivity contribution < 1.29 is 0 Å². The Morgan fingerprint density at radius 1 is 1.20 bits per heavy atom. The molecule has 0 unspecified atom stereocenters. The Hall–Kier alpha value is -2.31. The number of nitrogens with one attached hydrogen (secondary N) is 2. The zero-order valence-corrected chi connectivity index (χ0v) is 11.7. The molecule has 2 rings (SSSR count). The molecule has 0 radical (unpaired) electrons. The van der Waals surface area contributed by atoms with E-state index in [1.54, 1.807) is 6.20 Å². The Morgan fingerprint density at radius 2 is 1.95 bits per heavy atom. The van der Waals surface area contributed by atoms with Gasteiger partial charge in [-0.15, -0.1) is 0 Å². The summed E-state index contributed by atoms with van der Waals surface area (Å²) in [5, 5.41) is 6.43. The Labute approximate surface area is 118 Å². The first-order chi connectivity index (χ1) is 9.81. The molecule has 0 aromatic carbocycles. The standard InChI is InChI=1S/C13H21N7/c1-2-4-16-12-11(14)13(19-9-18-12)17-5-3-7-20-8-6-15-10-20/h6,8-10H,2-5,7,14H2,1H3,(H2,16,17,18,19). The smallest absolute Gasteiger partial charge is 0.154 e. The SMILES string of the molecule is CCCNc1ncnc(NCCCn2ccnc2)c1N. The van der Waals surface area contributed by atoms with Gasteiger partial charge in [-0.1, -0.05) is 6.92 Å².